The van der Waals surface area contributed by atoms with Crippen molar-refractivity contribution in [3.05, 3.63) is 34.7 Å². The van der Waals surface area contributed by atoms with Gasteiger partial charge in [0, 0.05) is 18.5 Å². The molecule has 2 aromatic heterocycles. The molecule has 0 aromatic carbocycles. The number of hydrogen-bond donors (Lipinski definition) is 1. The minimum Gasteiger partial charge on any atom is -0.397 e. The summed E-state index contributed by atoms with van der Waals surface area (Å²) < 4.78 is 1.49. The van der Waals surface area contributed by atoms with E-state index in [4.69, 9.17) is 5.73 Å². The predicted octanol–water partition coefficient (Wildman–Crippen LogP) is 0.516. The Hall–Kier alpha value is -1.84. The number of pyridine rings is 2. The van der Waals surface area contributed by atoms with Gasteiger partial charge in [0.25, 0.3) is 5.56 Å². The summed E-state index contributed by atoms with van der Waals surface area (Å²) in [5.74, 6) is 0. The number of rotatable bonds is 0. The van der Waals surface area contributed by atoms with Crippen LogP contribution in [0, 0.1) is 0 Å². The summed E-state index contributed by atoms with van der Waals surface area (Å²) in [6.45, 7) is 0. The molecule has 0 atom stereocenters. The van der Waals surface area contributed by atoms with Crippen molar-refractivity contribution in [3.63, 3.8) is 0 Å². The van der Waals surface area contributed by atoms with E-state index in [0.717, 1.165) is 5.39 Å². The van der Waals surface area contributed by atoms with Crippen molar-refractivity contribution < 1.29 is 0 Å². The second-order valence-corrected chi connectivity index (χ2v) is 2.91. The van der Waals surface area contributed by atoms with E-state index in [9.17, 15) is 4.79 Å². The SMILES string of the molecule is Cn1c(=O)ccc2cc(N)cnc21. The Balaban J connectivity index is 2.95. The van der Waals surface area contributed by atoms with Crippen LogP contribution in [-0.2, 0) is 7.05 Å². The van der Waals surface area contributed by atoms with Crippen molar-refractivity contribution in [3.8, 4) is 0 Å². The third-order valence-electron chi connectivity index (χ3n) is 1.97. The van der Waals surface area contributed by atoms with Crippen molar-refractivity contribution in [2.45, 2.75) is 0 Å². The van der Waals surface area contributed by atoms with Crippen molar-refractivity contribution in [2.24, 2.45) is 7.05 Å². The third kappa shape index (κ3) is 1.16. The van der Waals surface area contributed by atoms with Crippen molar-refractivity contribution in [1.29, 1.82) is 0 Å². The summed E-state index contributed by atoms with van der Waals surface area (Å²) in [6, 6.07) is 5.02. The van der Waals surface area contributed by atoms with Gasteiger partial charge in [-0.3, -0.25) is 9.36 Å². The van der Waals surface area contributed by atoms with Crippen LogP contribution in [0.15, 0.2) is 29.2 Å². The van der Waals surface area contributed by atoms with Crippen LogP contribution in [0.1, 0.15) is 0 Å². The minimum absolute atomic E-state index is 0.0650. The lowest BCUT2D eigenvalue weighted by atomic mass is 10.3. The largest absolute Gasteiger partial charge is 0.397 e. The molecule has 0 amide bonds. The maximum atomic E-state index is 11.2. The molecule has 0 radical (unpaired) electrons. The maximum Gasteiger partial charge on any atom is 0.251 e. The van der Waals surface area contributed by atoms with Crippen LogP contribution in [0.3, 0.4) is 0 Å². The zero-order valence-electron chi connectivity index (χ0n) is 7.19. The monoisotopic (exact) mass is 175 g/mol. The van der Waals surface area contributed by atoms with Crippen molar-refractivity contribution in [2.75, 3.05) is 5.73 Å². The lowest BCUT2D eigenvalue weighted by Crippen LogP contribution is -2.15. The molecule has 0 aliphatic heterocycles. The van der Waals surface area contributed by atoms with Crippen LogP contribution in [0.25, 0.3) is 11.0 Å². The average Bonchev–Trinajstić information content (AvgIpc) is 2.12. The third-order valence-corrected chi connectivity index (χ3v) is 1.97. The summed E-state index contributed by atoms with van der Waals surface area (Å²) in [7, 11) is 1.69. The molecule has 2 aromatic rings. The summed E-state index contributed by atoms with van der Waals surface area (Å²) in [5.41, 5.74) is 6.75. The average molecular weight is 175 g/mol. The Kier molecular flexibility index (Phi) is 1.55. The molecule has 4 nitrogen and oxygen atoms in total. The maximum absolute atomic E-state index is 11.2. The molecule has 66 valence electrons. The number of hydrogen-bond acceptors (Lipinski definition) is 3. The zero-order valence-corrected chi connectivity index (χ0v) is 7.19. The smallest absolute Gasteiger partial charge is 0.251 e. The standard InChI is InChI=1S/C9H9N3O/c1-12-8(13)3-2-6-4-7(10)5-11-9(6)12/h2-5H,10H2,1H3. The molecule has 13 heavy (non-hydrogen) atoms. The van der Waals surface area contributed by atoms with Gasteiger partial charge >= 0.3 is 0 Å². The van der Waals surface area contributed by atoms with Crippen molar-refractivity contribution in [1.82, 2.24) is 9.55 Å². The number of nitrogen functional groups attached to an aromatic ring is 1. The van der Waals surface area contributed by atoms with Gasteiger partial charge < -0.3 is 5.73 Å². The van der Waals surface area contributed by atoms with Crippen LogP contribution in [0.2, 0.25) is 0 Å². The Morgan fingerprint density at radius 1 is 1.46 bits per heavy atom. The van der Waals surface area contributed by atoms with Crippen LogP contribution >= 0.6 is 0 Å². The molecule has 0 saturated carbocycles. The number of anilines is 1. The van der Waals surface area contributed by atoms with Gasteiger partial charge in [-0.1, -0.05) is 0 Å². The second kappa shape index (κ2) is 2.58. The van der Waals surface area contributed by atoms with Crippen LogP contribution in [-0.4, -0.2) is 9.55 Å². The summed E-state index contributed by atoms with van der Waals surface area (Å²) in [5, 5.41) is 0.877. The van der Waals surface area contributed by atoms with Crippen LogP contribution in [0.5, 0.6) is 0 Å². The van der Waals surface area contributed by atoms with Crippen LogP contribution in [0.4, 0.5) is 5.69 Å². The Labute approximate surface area is 74.6 Å². The fourth-order valence-corrected chi connectivity index (χ4v) is 1.27. The van der Waals surface area contributed by atoms with Gasteiger partial charge in [-0.2, -0.15) is 0 Å². The van der Waals surface area contributed by atoms with E-state index in [1.165, 1.54) is 10.6 Å². The summed E-state index contributed by atoms with van der Waals surface area (Å²) >= 11 is 0. The molecule has 0 spiro atoms. The number of nitrogens with two attached hydrogens (primary N) is 1. The topological polar surface area (TPSA) is 60.9 Å². The van der Waals surface area contributed by atoms with Gasteiger partial charge in [0.1, 0.15) is 5.65 Å². The van der Waals surface area contributed by atoms with E-state index < -0.39 is 0 Å². The fourth-order valence-electron chi connectivity index (χ4n) is 1.27. The molecule has 0 bridgehead atoms. The molecule has 0 unspecified atom stereocenters. The number of fused-ring (bicyclic) bond motifs is 1. The molecular weight excluding hydrogens is 166 g/mol. The Morgan fingerprint density at radius 3 is 3.00 bits per heavy atom. The number of nitrogens with zero attached hydrogens (tertiary/aromatic N) is 2. The van der Waals surface area contributed by atoms with E-state index in [-0.39, 0.29) is 5.56 Å². The molecule has 0 fully saturated rings. The molecule has 0 saturated heterocycles. The molecular formula is C9H9N3O. The van der Waals surface area contributed by atoms with Gasteiger partial charge in [-0.25, -0.2) is 4.98 Å². The van der Waals surface area contributed by atoms with Gasteiger partial charge in [0.15, 0.2) is 0 Å². The molecule has 2 N–H and O–H groups in total. The van der Waals surface area contributed by atoms with Crippen molar-refractivity contribution >= 4 is 16.7 Å². The van der Waals surface area contributed by atoms with Crippen LogP contribution < -0.4 is 11.3 Å². The van der Waals surface area contributed by atoms with E-state index in [1.807, 2.05) is 0 Å². The molecule has 0 aliphatic rings. The van der Waals surface area contributed by atoms with E-state index in [2.05, 4.69) is 4.98 Å². The normalized spacial score (nSPS) is 10.5. The van der Waals surface area contributed by atoms with Gasteiger partial charge in [-0.05, 0) is 12.1 Å². The second-order valence-electron chi connectivity index (χ2n) is 2.91. The van der Waals surface area contributed by atoms with Gasteiger partial charge in [0.05, 0.1) is 11.9 Å². The highest BCUT2D eigenvalue weighted by Gasteiger charge is 1.99. The minimum atomic E-state index is -0.0650. The van der Waals surface area contributed by atoms with E-state index in [0.29, 0.717) is 11.3 Å². The highest BCUT2D eigenvalue weighted by atomic mass is 16.1. The highest BCUT2D eigenvalue weighted by molar-refractivity contribution is 5.77. The predicted molar refractivity (Wildman–Crippen MR) is 51.4 cm³/mol. The molecule has 2 heterocycles. The molecule has 0 aliphatic carbocycles. The fraction of sp³-hybridized carbons (Fsp3) is 0.111. The van der Waals surface area contributed by atoms with E-state index >= 15 is 0 Å². The van der Waals surface area contributed by atoms with Gasteiger partial charge in [0.2, 0.25) is 0 Å². The summed E-state index contributed by atoms with van der Waals surface area (Å²) in [6.07, 6.45) is 1.54. The number of aryl methyl sites for hydroxylation is 1. The van der Waals surface area contributed by atoms with Gasteiger partial charge in [-0.15, -0.1) is 0 Å². The van der Waals surface area contributed by atoms with E-state index in [1.54, 1.807) is 25.4 Å². The molecule has 4 heteroatoms. The summed E-state index contributed by atoms with van der Waals surface area (Å²) in [4.78, 5) is 15.3. The zero-order chi connectivity index (χ0) is 9.42. The lowest BCUT2D eigenvalue weighted by molar-refractivity contribution is 0.888. The Bertz CT molecular complexity index is 516. The quantitative estimate of drug-likeness (QED) is 0.634. The Morgan fingerprint density at radius 2 is 2.23 bits per heavy atom. The first-order valence-electron chi connectivity index (χ1n) is 3.90. The first-order chi connectivity index (χ1) is 6.18. The number of aromatic nitrogens is 2. The highest BCUT2D eigenvalue weighted by Crippen LogP contribution is 2.11. The lowest BCUT2D eigenvalue weighted by Gasteiger charge is -2.02. The first kappa shape index (κ1) is 7.79. The first-order valence-corrected chi connectivity index (χ1v) is 3.90. The molecule has 2 rings (SSSR count).